The van der Waals surface area contributed by atoms with Gasteiger partial charge in [-0.2, -0.15) is 4.98 Å². The van der Waals surface area contributed by atoms with Crippen molar-refractivity contribution in [2.45, 2.75) is 6.43 Å². The van der Waals surface area contributed by atoms with Gasteiger partial charge in [-0.25, -0.2) is 18.7 Å². The van der Waals surface area contributed by atoms with Crippen molar-refractivity contribution in [1.29, 1.82) is 0 Å². The van der Waals surface area contributed by atoms with Crippen molar-refractivity contribution in [3.8, 4) is 0 Å². The number of imidazole rings is 1. The van der Waals surface area contributed by atoms with Crippen LogP contribution in [0, 0.1) is 0 Å². The number of amides is 1. The molecule has 5 rings (SSSR count). The van der Waals surface area contributed by atoms with Crippen molar-refractivity contribution in [3.05, 3.63) is 78.1 Å². The molecule has 0 unspecified atom stereocenters. The van der Waals surface area contributed by atoms with E-state index in [0.717, 1.165) is 22.4 Å². The lowest BCUT2D eigenvalue weighted by Crippen LogP contribution is -2.29. The van der Waals surface area contributed by atoms with Gasteiger partial charge >= 0.3 is 0 Å². The van der Waals surface area contributed by atoms with Crippen molar-refractivity contribution >= 4 is 34.6 Å². The van der Waals surface area contributed by atoms with E-state index in [4.69, 9.17) is 0 Å². The van der Waals surface area contributed by atoms with Crippen LogP contribution in [0.2, 0.25) is 0 Å². The monoisotopic (exact) mass is 448 g/mol. The highest BCUT2D eigenvalue weighted by Gasteiger charge is 2.19. The van der Waals surface area contributed by atoms with Crippen LogP contribution in [0.5, 0.6) is 0 Å². The summed E-state index contributed by atoms with van der Waals surface area (Å²) < 4.78 is 26.5. The van der Waals surface area contributed by atoms with E-state index in [1.807, 2.05) is 24.3 Å². The standard InChI is InChI=1S/C22H18F2N8O/c23-18(24)11-28-21(33)17-10-27-19-2-1-13(12-32(17)19)15-5-8-26-20-16(15)9-29-22(31-20)30-14-3-6-25-7-4-14/h1-7,9-10,12,18H,8,11H2,(H,28,33)(H2,25,26,29,30,31). The van der Waals surface area contributed by atoms with Crippen LogP contribution in [-0.2, 0) is 0 Å². The van der Waals surface area contributed by atoms with Crippen molar-refractivity contribution in [1.82, 2.24) is 29.7 Å². The maximum atomic E-state index is 12.5. The third kappa shape index (κ3) is 4.20. The molecule has 9 nitrogen and oxygen atoms in total. The topological polar surface area (TPSA) is 109 Å². The molecule has 0 spiro atoms. The summed E-state index contributed by atoms with van der Waals surface area (Å²) in [6.45, 7) is -0.166. The number of pyridine rings is 2. The predicted octanol–water partition coefficient (Wildman–Crippen LogP) is 3.12. The Hall–Kier alpha value is -4.41. The van der Waals surface area contributed by atoms with Gasteiger partial charge in [-0.3, -0.25) is 14.2 Å². The zero-order chi connectivity index (χ0) is 22.8. The summed E-state index contributed by atoms with van der Waals surface area (Å²) in [6.07, 6.45) is 7.56. The number of rotatable bonds is 6. The molecule has 1 aliphatic heterocycles. The van der Waals surface area contributed by atoms with Crippen molar-refractivity contribution in [2.24, 2.45) is 0 Å². The van der Waals surface area contributed by atoms with Gasteiger partial charge < -0.3 is 16.0 Å². The number of halogens is 2. The van der Waals surface area contributed by atoms with Crippen LogP contribution >= 0.6 is 0 Å². The van der Waals surface area contributed by atoms with Crippen LogP contribution in [-0.4, -0.2) is 49.8 Å². The number of hydrogen-bond donors (Lipinski definition) is 3. The van der Waals surface area contributed by atoms with Crippen LogP contribution in [0.1, 0.15) is 21.6 Å². The largest absolute Gasteiger partial charge is 0.366 e. The minimum absolute atomic E-state index is 0.176. The fourth-order valence-electron chi connectivity index (χ4n) is 3.54. The van der Waals surface area contributed by atoms with E-state index in [2.05, 4.69) is 35.9 Å². The average Bonchev–Trinajstić information content (AvgIpc) is 3.26. The highest BCUT2D eigenvalue weighted by atomic mass is 19.3. The number of anilines is 3. The molecule has 33 heavy (non-hydrogen) atoms. The molecule has 0 radical (unpaired) electrons. The Labute approximate surface area is 186 Å². The highest BCUT2D eigenvalue weighted by Crippen LogP contribution is 2.32. The Balaban J connectivity index is 1.45. The second-order valence-electron chi connectivity index (χ2n) is 7.21. The van der Waals surface area contributed by atoms with Gasteiger partial charge in [-0.05, 0) is 35.4 Å². The summed E-state index contributed by atoms with van der Waals surface area (Å²) in [7, 11) is 0. The molecule has 0 saturated heterocycles. The first kappa shape index (κ1) is 20.5. The summed E-state index contributed by atoms with van der Waals surface area (Å²) in [5.74, 6) is 0.492. The third-order valence-corrected chi connectivity index (χ3v) is 5.06. The molecule has 1 amide bonds. The molecule has 166 valence electrons. The lowest BCUT2D eigenvalue weighted by molar-refractivity contribution is 0.0886. The van der Waals surface area contributed by atoms with Crippen molar-refractivity contribution in [3.63, 3.8) is 0 Å². The molecule has 0 fully saturated rings. The van der Waals surface area contributed by atoms with Gasteiger partial charge in [-0.15, -0.1) is 0 Å². The number of fused-ring (bicyclic) bond motifs is 2. The minimum Gasteiger partial charge on any atom is -0.366 e. The number of nitrogens with one attached hydrogen (secondary N) is 3. The second-order valence-corrected chi connectivity index (χ2v) is 7.21. The molecule has 3 N–H and O–H groups in total. The zero-order valence-corrected chi connectivity index (χ0v) is 17.2. The van der Waals surface area contributed by atoms with Crippen molar-refractivity contribution < 1.29 is 13.6 Å². The number of alkyl halides is 2. The lowest BCUT2D eigenvalue weighted by Gasteiger charge is -2.19. The second kappa shape index (κ2) is 8.61. The third-order valence-electron chi connectivity index (χ3n) is 5.06. The molecule has 0 bridgehead atoms. The molecule has 5 heterocycles. The molecule has 0 aliphatic carbocycles. The van der Waals surface area contributed by atoms with E-state index in [1.54, 1.807) is 35.3 Å². The van der Waals surface area contributed by atoms with Crippen LogP contribution in [0.15, 0.2) is 61.3 Å². The van der Waals surface area contributed by atoms with Crippen LogP contribution in [0.25, 0.3) is 11.2 Å². The van der Waals surface area contributed by atoms with Gasteiger partial charge in [0.05, 0.1) is 12.7 Å². The molecule has 0 atom stereocenters. The van der Waals surface area contributed by atoms with Gasteiger partial charge in [-0.1, -0.05) is 6.08 Å². The Morgan fingerprint density at radius 2 is 2.00 bits per heavy atom. The number of aromatic nitrogens is 5. The summed E-state index contributed by atoms with van der Waals surface area (Å²) in [6, 6.07) is 7.28. The van der Waals surface area contributed by atoms with Gasteiger partial charge in [0.2, 0.25) is 5.95 Å². The number of hydrogen-bond acceptors (Lipinski definition) is 7. The van der Waals surface area contributed by atoms with Gasteiger partial charge in [0.25, 0.3) is 12.3 Å². The molecule has 4 aromatic heterocycles. The maximum absolute atomic E-state index is 12.5. The highest BCUT2D eigenvalue weighted by molar-refractivity contribution is 5.93. The minimum atomic E-state index is -2.63. The van der Waals surface area contributed by atoms with Crippen LogP contribution in [0.3, 0.4) is 0 Å². The van der Waals surface area contributed by atoms with Crippen LogP contribution in [0.4, 0.5) is 26.2 Å². The number of nitrogens with zero attached hydrogens (tertiary/aromatic N) is 5. The van der Waals surface area contributed by atoms with Gasteiger partial charge in [0, 0.05) is 42.6 Å². The van der Waals surface area contributed by atoms with Crippen LogP contribution < -0.4 is 16.0 Å². The molecule has 4 aromatic rings. The van der Waals surface area contributed by atoms with E-state index >= 15 is 0 Å². The SMILES string of the molecule is O=C(NCC(F)F)c1cnc2ccc(C3=CCNc4nc(Nc5ccncc5)ncc43)cn12. The zero-order valence-electron chi connectivity index (χ0n) is 17.2. The lowest BCUT2D eigenvalue weighted by atomic mass is 9.98. The summed E-state index contributed by atoms with van der Waals surface area (Å²) in [5.41, 5.74) is 4.02. The first-order chi connectivity index (χ1) is 16.1. The summed E-state index contributed by atoms with van der Waals surface area (Å²) >= 11 is 0. The van der Waals surface area contributed by atoms with Gasteiger partial charge in [0.1, 0.15) is 17.2 Å². The van der Waals surface area contributed by atoms with E-state index in [9.17, 15) is 13.6 Å². The first-order valence-corrected chi connectivity index (χ1v) is 10.1. The Kier molecular flexibility index (Phi) is 5.35. The van der Waals surface area contributed by atoms with E-state index in [0.29, 0.717) is 24.0 Å². The fraction of sp³-hybridized carbons (Fsp3) is 0.136. The Morgan fingerprint density at radius 1 is 1.15 bits per heavy atom. The number of carbonyl (C=O) groups is 1. The average molecular weight is 448 g/mol. The summed E-state index contributed by atoms with van der Waals surface area (Å²) in [5, 5.41) is 8.59. The van der Waals surface area contributed by atoms with Gasteiger partial charge in [0.15, 0.2) is 0 Å². The molecule has 0 saturated carbocycles. The molecule has 1 aliphatic rings. The summed E-state index contributed by atoms with van der Waals surface area (Å²) in [4.78, 5) is 29.5. The van der Waals surface area contributed by atoms with E-state index in [-0.39, 0.29) is 5.69 Å². The Bertz CT molecular complexity index is 1350. The predicted molar refractivity (Wildman–Crippen MR) is 119 cm³/mol. The molecular weight excluding hydrogens is 430 g/mol. The van der Waals surface area contributed by atoms with E-state index < -0.39 is 18.9 Å². The smallest absolute Gasteiger partial charge is 0.270 e. The molecule has 0 aromatic carbocycles. The fourth-order valence-corrected chi connectivity index (χ4v) is 3.54. The first-order valence-electron chi connectivity index (χ1n) is 10.1. The molecular formula is C22H18F2N8O. The number of carbonyl (C=O) groups excluding carboxylic acids is 1. The van der Waals surface area contributed by atoms with E-state index in [1.165, 1.54) is 6.20 Å². The quantitative estimate of drug-likeness (QED) is 0.416. The maximum Gasteiger partial charge on any atom is 0.270 e. The Morgan fingerprint density at radius 3 is 2.82 bits per heavy atom. The molecule has 11 heteroatoms. The van der Waals surface area contributed by atoms with Crippen molar-refractivity contribution in [2.75, 3.05) is 23.7 Å². The normalized spacial score (nSPS) is 12.8.